The first kappa shape index (κ1) is 17.3. The number of nitrogens with one attached hydrogen (secondary N) is 1. The highest BCUT2D eigenvalue weighted by Gasteiger charge is 2.52. The third kappa shape index (κ3) is 3.30. The fraction of sp³-hybridized carbons (Fsp3) is 0.474. The summed E-state index contributed by atoms with van der Waals surface area (Å²) in [5.41, 5.74) is 1.24. The molecule has 138 valence electrons. The van der Waals surface area contributed by atoms with Gasteiger partial charge in [-0.25, -0.2) is 14.4 Å². The number of benzene rings is 1. The van der Waals surface area contributed by atoms with Gasteiger partial charge in [0.2, 0.25) is 5.95 Å². The minimum Gasteiger partial charge on any atom is -0.389 e. The summed E-state index contributed by atoms with van der Waals surface area (Å²) < 4.78 is 19.6. The van der Waals surface area contributed by atoms with Crippen molar-refractivity contribution in [2.24, 2.45) is 0 Å². The molecule has 3 heterocycles. The number of hydrogen-bond acceptors (Lipinski definition) is 6. The number of anilines is 1. The SMILES string of the molecule is CNc1nccc(CN2C[C@@H](O)[C@@]3(C[C@H](c4cccc(F)c4)CO3)C2)n1. The van der Waals surface area contributed by atoms with E-state index in [0.29, 0.717) is 38.6 Å². The number of aliphatic hydroxyl groups is 1. The predicted octanol–water partition coefficient (Wildman–Crippen LogP) is 1.78. The second-order valence-corrected chi connectivity index (χ2v) is 7.14. The fourth-order valence-corrected chi connectivity index (χ4v) is 4.03. The molecule has 2 fully saturated rings. The van der Waals surface area contributed by atoms with Crippen molar-refractivity contribution in [2.45, 2.75) is 30.6 Å². The lowest BCUT2D eigenvalue weighted by atomic mass is 9.87. The molecule has 1 aromatic heterocycles. The van der Waals surface area contributed by atoms with Gasteiger partial charge in [-0.3, -0.25) is 4.90 Å². The number of aliphatic hydroxyl groups excluding tert-OH is 1. The Labute approximate surface area is 152 Å². The van der Waals surface area contributed by atoms with E-state index in [1.807, 2.05) is 12.1 Å². The zero-order valence-electron chi connectivity index (χ0n) is 14.7. The summed E-state index contributed by atoms with van der Waals surface area (Å²) in [7, 11) is 1.78. The van der Waals surface area contributed by atoms with E-state index < -0.39 is 11.7 Å². The van der Waals surface area contributed by atoms with Crippen molar-refractivity contribution in [1.29, 1.82) is 0 Å². The van der Waals surface area contributed by atoms with Crippen molar-refractivity contribution in [3.05, 3.63) is 53.6 Å². The van der Waals surface area contributed by atoms with Crippen LogP contribution in [0.1, 0.15) is 23.6 Å². The molecule has 0 saturated carbocycles. The molecule has 26 heavy (non-hydrogen) atoms. The molecule has 3 atom stereocenters. The van der Waals surface area contributed by atoms with Gasteiger partial charge in [0.15, 0.2) is 0 Å². The van der Waals surface area contributed by atoms with Gasteiger partial charge in [0.05, 0.1) is 18.4 Å². The molecular weight excluding hydrogens is 335 g/mol. The smallest absolute Gasteiger partial charge is 0.222 e. The molecule has 2 saturated heterocycles. The van der Waals surface area contributed by atoms with E-state index in [9.17, 15) is 9.50 Å². The van der Waals surface area contributed by atoms with E-state index >= 15 is 0 Å². The van der Waals surface area contributed by atoms with Gasteiger partial charge in [-0.2, -0.15) is 0 Å². The zero-order chi connectivity index (χ0) is 18.1. The summed E-state index contributed by atoms with van der Waals surface area (Å²) in [6, 6.07) is 8.54. The minimum absolute atomic E-state index is 0.107. The van der Waals surface area contributed by atoms with Gasteiger partial charge in [0.1, 0.15) is 11.4 Å². The second kappa shape index (κ2) is 6.90. The van der Waals surface area contributed by atoms with Crippen molar-refractivity contribution < 1.29 is 14.2 Å². The van der Waals surface area contributed by atoms with Gasteiger partial charge in [0.25, 0.3) is 0 Å². The third-order valence-electron chi connectivity index (χ3n) is 5.34. The summed E-state index contributed by atoms with van der Waals surface area (Å²) in [5.74, 6) is 0.455. The fourth-order valence-electron chi connectivity index (χ4n) is 4.03. The molecule has 0 aliphatic carbocycles. The Balaban J connectivity index is 1.45. The monoisotopic (exact) mass is 358 g/mol. The average molecular weight is 358 g/mol. The summed E-state index contributed by atoms with van der Waals surface area (Å²) in [6.45, 7) is 2.31. The second-order valence-electron chi connectivity index (χ2n) is 7.14. The first-order valence-corrected chi connectivity index (χ1v) is 8.87. The van der Waals surface area contributed by atoms with Crippen LogP contribution in [0.15, 0.2) is 36.5 Å². The lowest BCUT2D eigenvalue weighted by Gasteiger charge is -2.26. The molecule has 0 unspecified atom stereocenters. The van der Waals surface area contributed by atoms with E-state index in [1.54, 1.807) is 25.4 Å². The number of halogens is 1. The first-order valence-electron chi connectivity index (χ1n) is 8.87. The van der Waals surface area contributed by atoms with Gasteiger partial charge in [-0.1, -0.05) is 12.1 Å². The van der Waals surface area contributed by atoms with Crippen molar-refractivity contribution in [2.75, 3.05) is 32.1 Å². The molecule has 2 aliphatic rings. The van der Waals surface area contributed by atoms with Gasteiger partial charge in [-0.15, -0.1) is 0 Å². The van der Waals surface area contributed by atoms with Crippen LogP contribution in [0.2, 0.25) is 0 Å². The summed E-state index contributed by atoms with van der Waals surface area (Å²) in [5, 5.41) is 13.6. The number of likely N-dealkylation sites (tertiary alicyclic amines) is 1. The van der Waals surface area contributed by atoms with Crippen molar-refractivity contribution in [1.82, 2.24) is 14.9 Å². The molecule has 2 aromatic rings. The van der Waals surface area contributed by atoms with E-state index in [4.69, 9.17) is 4.74 Å². The van der Waals surface area contributed by atoms with Gasteiger partial charge in [-0.05, 0) is 30.2 Å². The van der Waals surface area contributed by atoms with E-state index in [2.05, 4.69) is 20.2 Å². The van der Waals surface area contributed by atoms with Gasteiger partial charge >= 0.3 is 0 Å². The Morgan fingerprint density at radius 1 is 1.42 bits per heavy atom. The van der Waals surface area contributed by atoms with E-state index in [0.717, 1.165) is 11.3 Å². The first-order chi connectivity index (χ1) is 12.6. The Bertz CT molecular complexity index is 790. The molecule has 7 heteroatoms. The van der Waals surface area contributed by atoms with Gasteiger partial charge < -0.3 is 15.2 Å². The van der Waals surface area contributed by atoms with Crippen molar-refractivity contribution >= 4 is 5.95 Å². The van der Waals surface area contributed by atoms with Crippen LogP contribution in [0.25, 0.3) is 0 Å². The van der Waals surface area contributed by atoms with Crippen LogP contribution in [-0.2, 0) is 11.3 Å². The van der Waals surface area contributed by atoms with E-state index in [1.165, 1.54) is 6.07 Å². The summed E-state index contributed by atoms with van der Waals surface area (Å²) in [6.07, 6.45) is 1.86. The summed E-state index contributed by atoms with van der Waals surface area (Å²) >= 11 is 0. The normalized spacial score (nSPS) is 28.7. The maximum absolute atomic E-state index is 13.5. The predicted molar refractivity (Wildman–Crippen MR) is 95.3 cm³/mol. The zero-order valence-corrected chi connectivity index (χ0v) is 14.7. The van der Waals surface area contributed by atoms with Crippen LogP contribution in [0, 0.1) is 5.82 Å². The van der Waals surface area contributed by atoms with Crippen LogP contribution in [0.4, 0.5) is 10.3 Å². The number of ether oxygens (including phenoxy) is 1. The minimum atomic E-state index is -0.587. The average Bonchev–Trinajstić information content (AvgIpc) is 3.19. The number of hydrogen-bond donors (Lipinski definition) is 2. The maximum atomic E-state index is 13.5. The van der Waals surface area contributed by atoms with Crippen LogP contribution in [-0.4, -0.2) is 58.4 Å². The van der Waals surface area contributed by atoms with Gasteiger partial charge in [0, 0.05) is 38.8 Å². The molecule has 2 aliphatic heterocycles. The molecule has 6 nitrogen and oxygen atoms in total. The largest absolute Gasteiger partial charge is 0.389 e. The number of aromatic nitrogens is 2. The third-order valence-corrected chi connectivity index (χ3v) is 5.34. The quantitative estimate of drug-likeness (QED) is 0.868. The van der Waals surface area contributed by atoms with Crippen LogP contribution in [0.3, 0.4) is 0 Å². The number of nitrogens with zero attached hydrogens (tertiary/aromatic N) is 3. The summed E-state index contributed by atoms with van der Waals surface area (Å²) in [4.78, 5) is 10.7. The Hall–Kier alpha value is -2.09. The molecular formula is C19H23FN4O2. The Morgan fingerprint density at radius 3 is 3.12 bits per heavy atom. The highest BCUT2D eigenvalue weighted by molar-refractivity contribution is 5.25. The van der Waals surface area contributed by atoms with Crippen molar-refractivity contribution in [3.63, 3.8) is 0 Å². The number of β-amino-alcohol motifs (C(OH)–C–C–N with tert-alkyl or cyclic N) is 1. The number of rotatable bonds is 4. The molecule has 0 amide bonds. The molecule has 0 radical (unpaired) electrons. The van der Waals surface area contributed by atoms with E-state index in [-0.39, 0.29) is 11.7 Å². The lowest BCUT2D eigenvalue weighted by molar-refractivity contribution is -0.0594. The standard InChI is InChI=1S/C19H23FN4O2/c1-21-18-22-6-5-16(23-18)9-24-10-17(25)19(12-24)8-14(11-26-19)13-3-2-4-15(20)7-13/h2-7,14,17,25H,8-12H2,1H3,(H,21,22,23)/t14-,17+,19+/m0/s1. The maximum Gasteiger partial charge on any atom is 0.222 e. The topological polar surface area (TPSA) is 70.5 Å². The highest BCUT2D eigenvalue weighted by atomic mass is 19.1. The highest BCUT2D eigenvalue weighted by Crippen LogP contribution is 2.42. The Morgan fingerprint density at radius 2 is 2.31 bits per heavy atom. The molecule has 0 bridgehead atoms. The molecule has 2 N–H and O–H groups in total. The van der Waals surface area contributed by atoms with Crippen LogP contribution in [0.5, 0.6) is 0 Å². The molecule has 4 rings (SSSR count). The van der Waals surface area contributed by atoms with Crippen LogP contribution < -0.4 is 5.32 Å². The van der Waals surface area contributed by atoms with Crippen molar-refractivity contribution in [3.8, 4) is 0 Å². The molecule has 1 spiro atoms. The molecule has 1 aromatic carbocycles. The lowest BCUT2D eigenvalue weighted by Crippen LogP contribution is -2.41. The Kier molecular flexibility index (Phi) is 4.60. The van der Waals surface area contributed by atoms with Crippen LogP contribution >= 0.6 is 0 Å².